The Morgan fingerprint density at radius 1 is 1.21 bits per heavy atom. The summed E-state index contributed by atoms with van der Waals surface area (Å²) in [6.07, 6.45) is 0. The Balaban J connectivity index is 3.62. The summed E-state index contributed by atoms with van der Waals surface area (Å²) in [5.74, 6) is -3.96. The minimum absolute atomic E-state index is 0.165. The average molecular weight is 268 g/mol. The summed E-state index contributed by atoms with van der Waals surface area (Å²) in [4.78, 5) is 42.5. The van der Waals surface area contributed by atoms with E-state index in [-0.39, 0.29) is 5.69 Å². The predicted molar refractivity (Wildman–Crippen MR) is 61.3 cm³/mol. The van der Waals surface area contributed by atoms with Crippen molar-refractivity contribution in [1.29, 1.82) is 0 Å². The van der Waals surface area contributed by atoms with Crippen LogP contribution in [0.1, 0.15) is 27.6 Å². The molecule has 0 unspecified atom stereocenters. The third-order valence-electron chi connectivity index (χ3n) is 2.08. The second kappa shape index (κ2) is 5.12. The van der Waals surface area contributed by atoms with Crippen LogP contribution in [0, 0.1) is 10.1 Å². The van der Waals surface area contributed by atoms with Gasteiger partial charge < -0.3 is 15.5 Å². The van der Waals surface area contributed by atoms with E-state index in [0.717, 1.165) is 19.1 Å². The number of carbonyl (C=O) groups is 3. The van der Waals surface area contributed by atoms with E-state index in [1.165, 1.54) is 0 Å². The normalized spacial score (nSPS) is 9.74. The number of carboxylic acids is 2. The molecular formula is C10H8N2O7. The van der Waals surface area contributed by atoms with Crippen molar-refractivity contribution in [3.8, 4) is 0 Å². The first-order valence-corrected chi connectivity index (χ1v) is 4.80. The van der Waals surface area contributed by atoms with Crippen LogP contribution in [-0.2, 0) is 4.79 Å². The lowest BCUT2D eigenvalue weighted by Crippen LogP contribution is -2.14. The fourth-order valence-corrected chi connectivity index (χ4v) is 1.44. The van der Waals surface area contributed by atoms with Gasteiger partial charge in [-0.1, -0.05) is 0 Å². The standard InChI is InChI=1S/C10H8N2O7/c1-4(13)11-5-2-6(9(14)15)8(10(16)17)7(3-5)12(18)19/h2-3H,1H3,(H,11,13)(H,14,15)(H,16,17). The molecule has 0 radical (unpaired) electrons. The van der Waals surface area contributed by atoms with Crippen LogP contribution in [0.2, 0.25) is 0 Å². The first kappa shape index (κ1) is 14.1. The number of amides is 1. The van der Waals surface area contributed by atoms with Crippen molar-refractivity contribution in [1.82, 2.24) is 0 Å². The zero-order valence-electron chi connectivity index (χ0n) is 9.54. The lowest BCUT2D eigenvalue weighted by molar-refractivity contribution is -0.385. The van der Waals surface area contributed by atoms with E-state index in [1.54, 1.807) is 0 Å². The van der Waals surface area contributed by atoms with Gasteiger partial charge in [0.15, 0.2) is 5.56 Å². The molecule has 0 atom stereocenters. The summed E-state index contributed by atoms with van der Waals surface area (Å²) in [5.41, 5.74) is -2.78. The Morgan fingerprint density at radius 2 is 1.79 bits per heavy atom. The van der Waals surface area contributed by atoms with E-state index in [4.69, 9.17) is 10.2 Å². The van der Waals surface area contributed by atoms with E-state index in [0.29, 0.717) is 0 Å². The summed E-state index contributed by atoms with van der Waals surface area (Å²) in [6.45, 7) is 1.12. The van der Waals surface area contributed by atoms with E-state index >= 15 is 0 Å². The van der Waals surface area contributed by atoms with Crippen molar-refractivity contribution in [3.05, 3.63) is 33.4 Å². The van der Waals surface area contributed by atoms with Gasteiger partial charge in [-0.05, 0) is 6.07 Å². The van der Waals surface area contributed by atoms with E-state index in [9.17, 15) is 24.5 Å². The number of nitrogens with one attached hydrogen (secondary N) is 1. The molecular weight excluding hydrogens is 260 g/mol. The minimum atomic E-state index is -1.74. The molecule has 0 aliphatic heterocycles. The van der Waals surface area contributed by atoms with Gasteiger partial charge in [-0.25, -0.2) is 9.59 Å². The number of carboxylic acid groups (broad SMARTS) is 2. The molecule has 1 aromatic carbocycles. The number of benzene rings is 1. The first-order chi connectivity index (χ1) is 8.73. The Bertz CT molecular complexity index is 559. The Hall–Kier alpha value is -2.97. The number of nitro benzene ring substituents is 1. The molecule has 3 N–H and O–H groups in total. The van der Waals surface area contributed by atoms with Crippen LogP contribution in [0.15, 0.2) is 12.1 Å². The van der Waals surface area contributed by atoms with Crippen LogP contribution in [-0.4, -0.2) is 33.0 Å². The number of nitrogens with zero attached hydrogens (tertiary/aromatic N) is 1. The molecule has 0 saturated heterocycles. The van der Waals surface area contributed by atoms with Crippen molar-refractivity contribution < 1.29 is 29.5 Å². The summed E-state index contributed by atoms with van der Waals surface area (Å²) in [7, 11) is 0. The molecule has 0 spiro atoms. The highest BCUT2D eigenvalue weighted by molar-refractivity contribution is 6.06. The van der Waals surface area contributed by atoms with Crippen molar-refractivity contribution in [2.75, 3.05) is 5.32 Å². The van der Waals surface area contributed by atoms with Gasteiger partial charge in [-0.3, -0.25) is 14.9 Å². The number of hydrogen-bond acceptors (Lipinski definition) is 5. The molecule has 0 fully saturated rings. The molecule has 0 aliphatic rings. The molecule has 0 aliphatic carbocycles. The maximum absolute atomic E-state index is 10.9. The summed E-state index contributed by atoms with van der Waals surface area (Å²) in [6, 6.07) is 1.64. The van der Waals surface area contributed by atoms with Gasteiger partial charge >= 0.3 is 11.9 Å². The SMILES string of the molecule is CC(=O)Nc1cc(C(=O)O)c(C(=O)O)c([N+](=O)[O-])c1. The molecule has 1 aromatic rings. The average Bonchev–Trinajstić information content (AvgIpc) is 2.26. The Labute approximate surface area is 105 Å². The van der Waals surface area contributed by atoms with Gasteiger partial charge in [0.25, 0.3) is 5.69 Å². The minimum Gasteiger partial charge on any atom is -0.478 e. The molecule has 0 aromatic heterocycles. The number of carbonyl (C=O) groups excluding carboxylic acids is 1. The molecule has 9 nitrogen and oxygen atoms in total. The Morgan fingerprint density at radius 3 is 2.16 bits per heavy atom. The molecule has 19 heavy (non-hydrogen) atoms. The molecule has 0 heterocycles. The van der Waals surface area contributed by atoms with Crippen LogP contribution in [0.5, 0.6) is 0 Å². The highest BCUT2D eigenvalue weighted by Gasteiger charge is 2.28. The highest BCUT2D eigenvalue weighted by Crippen LogP contribution is 2.27. The van der Waals surface area contributed by atoms with Crippen LogP contribution < -0.4 is 5.32 Å². The van der Waals surface area contributed by atoms with Gasteiger partial charge in [0.05, 0.1) is 10.5 Å². The van der Waals surface area contributed by atoms with E-state index in [2.05, 4.69) is 5.32 Å². The van der Waals surface area contributed by atoms with Crippen LogP contribution in [0.4, 0.5) is 11.4 Å². The smallest absolute Gasteiger partial charge is 0.343 e. The summed E-state index contributed by atoms with van der Waals surface area (Å²) < 4.78 is 0. The maximum atomic E-state index is 10.9. The van der Waals surface area contributed by atoms with E-state index < -0.39 is 39.6 Å². The third-order valence-corrected chi connectivity index (χ3v) is 2.08. The van der Waals surface area contributed by atoms with Crippen LogP contribution >= 0.6 is 0 Å². The third kappa shape index (κ3) is 3.03. The highest BCUT2D eigenvalue weighted by atomic mass is 16.6. The van der Waals surface area contributed by atoms with Gasteiger partial charge in [0.2, 0.25) is 5.91 Å². The molecule has 0 saturated carbocycles. The van der Waals surface area contributed by atoms with E-state index in [1.807, 2.05) is 0 Å². The number of anilines is 1. The topological polar surface area (TPSA) is 147 Å². The molecule has 100 valence electrons. The zero-order chi connectivity index (χ0) is 14.7. The van der Waals surface area contributed by atoms with Crippen molar-refractivity contribution in [2.45, 2.75) is 6.92 Å². The largest absolute Gasteiger partial charge is 0.478 e. The van der Waals surface area contributed by atoms with Crippen molar-refractivity contribution in [2.24, 2.45) is 0 Å². The lowest BCUT2D eigenvalue weighted by atomic mass is 10.0. The summed E-state index contributed by atoms with van der Waals surface area (Å²) >= 11 is 0. The molecule has 1 amide bonds. The summed E-state index contributed by atoms with van der Waals surface area (Å²) in [5, 5.41) is 30.7. The fourth-order valence-electron chi connectivity index (χ4n) is 1.44. The van der Waals surface area contributed by atoms with Gasteiger partial charge in [-0.2, -0.15) is 0 Å². The van der Waals surface area contributed by atoms with Gasteiger partial charge in [0, 0.05) is 18.7 Å². The Kier molecular flexibility index (Phi) is 3.80. The predicted octanol–water partition coefficient (Wildman–Crippen LogP) is 0.950. The number of hydrogen-bond donors (Lipinski definition) is 3. The first-order valence-electron chi connectivity index (χ1n) is 4.80. The van der Waals surface area contributed by atoms with Gasteiger partial charge in [-0.15, -0.1) is 0 Å². The van der Waals surface area contributed by atoms with Gasteiger partial charge in [0.1, 0.15) is 0 Å². The number of rotatable bonds is 4. The second-order valence-electron chi connectivity index (χ2n) is 3.47. The second-order valence-corrected chi connectivity index (χ2v) is 3.47. The monoisotopic (exact) mass is 268 g/mol. The number of nitro groups is 1. The quantitative estimate of drug-likeness (QED) is 0.543. The molecule has 0 bridgehead atoms. The zero-order valence-corrected chi connectivity index (χ0v) is 9.54. The van der Waals surface area contributed by atoms with Crippen molar-refractivity contribution >= 4 is 29.2 Å². The maximum Gasteiger partial charge on any atom is 0.343 e. The fraction of sp³-hybridized carbons (Fsp3) is 0.100. The van der Waals surface area contributed by atoms with Crippen molar-refractivity contribution in [3.63, 3.8) is 0 Å². The molecule has 1 rings (SSSR count). The van der Waals surface area contributed by atoms with Crippen LogP contribution in [0.25, 0.3) is 0 Å². The number of aromatic carboxylic acids is 2. The molecule has 9 heteroatoms. The van der Waals surface area contributed by atoms with Crippen LogP contribution in [0.3, 0.4) is 0 Å². The lowest BCUT2D eigenvalue weighted by Gasteiger charge is -2.07.